The Morgan fingerprint density at radius 3 is 2.80 bits per heavy atom. The molecule has 4 nitrogen and oxygen atoms in total. The van der Waals surface area contributed by atoms with Crippen molar-refractivity contribution in [1.29, 1.82) is 0 Å². The normalized spacial score (nSPS) is 19.7. The molecular weight excluding hydrogens is 270 g/mol. The third-order valence-electron chi connectivity index (χ3n) is 3.78. The molecule has 0 aromatic carbocycles. The van der Waals surface area contributed by atoms with Gasteiger partial charge in [-0.3, -0.25) is 4.79 Å². The van der Waals surface area contributed by atoms with Crippen molar-refractivity contribution in [3.05, 3.63) is 23.9 Å². The zero-order valence-corrected chi connectivity index (χ0v) is 13.3. The Morgan fingerprint density at radius 1 is 1.45 bits per heavy atom. The molecule has 1 amide bonds. The van der Waals surface area contributed by atoms with Crippen molar-refractivity contribution in [2.75, 3.05) is 40.0 Å². The molecule has 2 heterocycles. The first kappa shape index (κ1) is 15.3. The molecule has 0 spiro atoms. The monoisotopic (exact) mass is 293 g/mol. The number of amides is 1. The number of hydrogen-bond acceptors (Lipinski definition) is 4. The van der Waals surface area contributed by atoms with Crippen molar-refractivity contribution in [2.24, 2.45) is 0 Å². The van der Waals surface area contributed by atoms with Crippen LogP contribution in [0.15, 0.2) is 23.4 Å². The van der Waals surface area contributed by atoms with E-state index in [1.165, 1.54) is 5.56 Å². The summed E-state index contributed by atoms with van der Waals surface area (Å²) in [6.45, 7) is 2.63. The number of rotatable bonds is 5. The Labute approximate surface area is 125 Å². The van der Waals surface area contributed by atoms with Crippen LogP contribution in [0.1, 0.15) is 24.3 Å². The summed E-state index contributed by atoms with van der Waals surface area (Å²) >= 11 is 1.64. The average molecular weight is 293 g/mol. The van der Waals surface area contributed by atoms with Crippen molar-refractivity contribution in [3.8, 4) is 0 Å². The number of pyridine rings is 1. The minimum atomic E-state index is 0.275. The van der Waals surface area contributed by atoms with E-state index in [4.69, 9.17) is 0 Å². The van der Waals surface area contributed by atoms with Gasteiger partial charge in [-0.1, -0.05) is 6.07 Å². The molecule has 0 unspecified atom stereocenters. The Kier molecular flexibility index (Phi) is 5.43. The third-order valence-corrected chi connectivity index (χ3v) is 4.44. The molecule has 1 atom stereocenters. The zero-order valence-electron chi connectivity index (χ0n) is 12.5. The quantitative estimate of drug-likeness (QED) is 0.779. The SMILES string of the molecule is CSc1ccc([C@H]2CCN(CCN(C)C)C(=O)C2)cn1. The van der Waals surface area contributed by atoms with E-state index in [-0.39, 0.29) is 5.91 Å². The van der Waals surface area contributed by atoms with Crippen molar-refractivity contribution in [1.82, 2.24) is 14.8 Å². The highest BCUT2D eigenvalue weighted by Gasteiger charge is 2.26. The van der Waals surface area contributed by atoms with Crippen LogP contribution in [0.25, 0.3) is 0 Å². The topological polar surface area (TPSA) is 36.4 Å². The lowest BCUT2D eigenvalue weighted by Crippen LogP contribution is -2.41. The number of carbonyl (C=O) groups is 1. The van der Waals surface area contributed by atoms with Crippen LogP contribution in [0.4, 0.5) is 0 Å². The summed E-state index contributed by atoms with van der Waals surface area (Å²) in [7, 11) is 4.08. The Balaban J connectivity index is 1.92. The van der Waals surface area contributed by atoms with Gasteiger partial charge in [-0.05, 0) is 44.3 Å². The average Bonchev–Trinajstić information content (AvgIpc) is 2.46. The molecule has 0 aliphatic carbocycles. The Bertz CT molecular complexity index is 447. The number of likely N-dealkylation sites (tertiary alicyclic amines) is 1. The first-order chi connectivity index (χ1) is 9.60. The second-order valence-electron chi connectivity index (χ2n) is 5.51. The van der Waals surface area contributed by atoms with Crippen molar-refractivity contribution in [2.45, 2.75) is 23.8 Å². The van der Waals surface area contributed by atoms with E-state index in [0.717, 1.165) is 31.1 Å². The van der Waals surface area contributed by atoms with Gasteiger partial charge < -0.3 is 9.80 Å². The molecule has 2 rings (SSSR count). The van der Waals surface area contributed by atoms with Crippen molar-refractivity contribution < 1.29 is 4.79 Å². The lowest BCUT2D eigenvalue weighted by Gasteiger charge is -2.32. The van der Waals surface area contributed by atoms with E-state index < -0.39 is 0 Å². The molecule has 5 heteroatoms. The lowest BCUT2D eigenvalue weighted by molar-refractivity contribution is -0.134. The van der Waals surface area contributed by atoms with Gasteiger partial charge in [0.1, 0.15) is 0 Å². The smallest absolute Gasteiger partial charge is 0.223 e. The zero-order chi connectivity index (χ0) is 14.5. The minimum Gasteiger partial charge on any atom is -0.341 e. The van der Waals surface area contributed by atoms with Crippen molar-refractivity contribution in [3.63, 3.8) is 0 Å². The van der Waals surface area contributed by atoms with E-state index in [9.17, 15) is 4.79 Å². The van der Waals surface area contributed by atoms with E-state index in [1.54, 1.807) is 11.8 Å². The summed E-state index contributed by atoms with van der Waals surface area (Å²) in [5, 5.41) is 1.03. The van der Waals surface area contributed by atoms with E-state index in [0.29, 0.717) is 12.3 Å². The molecule has 1 aliphatic rings. The molecule has 0 saturated carbocycles. The number of likely N-dealkylation sites (N-methyl/N-ethyl adjacent to an activating group) is 1. The van der Waals surface area contributed by atoms with Crippen molar-refractivity contribution >= 4 is 17.7 Å². The van der Waals surface area contributed by atoms with Crippen LogP contribution < -0.4 is 0 Å². The highest BCUT2D eigenvalue weighted by molar-refractivity contribution is 7.98. The fraction of sp³-hybridized carbons (Fsp3) is 0.600. The predicted molar refractivity (Wildman–Crippen MR) is 83.1 cm³/mol. The van der Waals surface area contributed by atoms with Crippen LogP contribution in [0, 0.1) is 0 Å². The molecule has 1 saturated heterocycles. The molecule has 1 aliphatic heterocycles. The number of carbonyl (C=O) groups excluding carboxylic acids is 1. The fourth-order valence-corrected chi connectivity index (χ4v) is 2.84. The highest BCUT2D eigenvalue weighted by atomic mass is 32.2. The molecule has 1 aromatic rings. The van der Waals surface area contributed by atoms with Gasteiger partial charge in [0.05, 0.1) is 5.03 Å². The lowest BCUT2D eigenvalue weighted by atomic mass is 9.90. The Morgan fingerprint density at radius 2 is 2.25 bits per heavy atom. The maximum atomic E-state index is 12.2. The fourth-order valence-electron chi connectivity index (χ4n) is 2.47. The number of piperidine rings is 1. The summed E-state index contributed by atoms with van der Waals surface area (Å²) in [5.74, 6) is 0.610. The number of nitrogens with zero attached hydrogens (tertiary/aromatic N) is 3. The van der Waals surface area contributed by atoms with Gasteiger partial charge in [-0.15, -0.1) is 11.8 Å². The Hall–Kier alpha value is -1.07. The maximum Gasteiger partial charge on any atom is 0.223 e. The summed E-state index contributed by atoms with van der Waals surface area (Å²) in [6.07, 6.45) is 5.61. The molecule has 0 radical (unpaired) electrons. The highest BCUT2D eigenvalue weighted by Crippen LogP contribution is 2.28. The van der Waals surface area contributed by atoms with Gasteiger partial charge in [-0.25, -0.2) is 4.98 Å². The molecule has 0 N–H and O–H groups in total. The summed E-state index contributed by atoms with van der Waals surface area (Å²) < 4.78 is 0. The van der Waals surface area contributed by atoms with E-state index in [1.807, 2.05) is 37.5 Å². The second kappa shape index (κ2) is 7.09. The summed E-state index contributed by atoms with van der Waals surface area (Å²) in [4.78, 5) is 20.7. The van der Waals surface area contributed by atoms with Gasteiger partial charge in [0.15, 0.2) is 0 Å². The second-order valence-corrected chi connectivity index (χ2v) is 6.33. The number of thioether (sulfide) groups is 1. The van der Waals surface area contributed by atoms with E-state index in [2.05, 4.69) is 16.0 Å². The van der Waals surface area contributed by atoms with Gasteiger partial charge in [0.25, 0.3) is 0 Å². The maximum absolute atomic E-state index is 12.2. The predicted octanol–water partition coefficient (Wildman–Crippen LogP) is 2.07. The first-order valence-corrected chi connectivity index (χ1v) is 8.25. The van der Waals surface area contributed by atoms with Gasteiger partial charge in [0, 0.05) is 32.3 Å². The summed E-state index contributed by atoms with van der Waals surface area (Å²) in [5.41, 5.74) is 1.20. The molecule has 0 bridgehead atoms. The van der Waals surface area contributed by atoms with Gasteiger partial charge in [-0.2, -0.15) is 0 Å². The largest absolute Gasteiger partial charge is 0.341 e. The van der Waals surface area contributed by atoms with Crippen LogP contribution in [-0.2, 0) is 4.79 Å². The summed E-state index contributed by atoms with van der Waals surface area (Å²) in [6, 6.07) is 4.16. The molecule has 20 heavy (non-hydrogen) atoms. The minimum absolute atomic E-state index is 0.275. The standard InChI is InChI=1S/C15H23N3OS/c1-17(2)8-9-18-7-6-12(10-15(18)19)13-4-5-14(20-3)16-11-13/h4-5,11-12H,6-10H2,1-3H3/t12-/m0/s1. The van der Waals surface area contributed by atoms with E-state index >= 15 is 0 Å². The van der Waals surface area contributed by atoms with Crippen LogP contribution in [-0.4, -0.2) is 60.7 Å². The van der Waals surface area contributed by atoms with Crippen LogP contribution in [0.3, 0.4) is 0 Å². The van der Waals surface area contributed by atoms with Crippen LogP contribution in [0.2, 0.25) is 0 Å². The molecule has 1 fully saturated rings. The van der Waals surface area contributed by atoms with Crippen LogP contribution in [0.5, 0.6) is 0 Å². The number of aromatic nitrogens is 1. The molecule has 110 valence electrons. The molecule has 1 aromatic heterocycles. The number of hydrogen-bond donors (Lipinski definition) is 0. The van der Waals surface area contributed by atoms with Gasteiger partial charge >= 0.3 is 0 Å². The third kappa shape index (κ3) is 3.96. The first-order valence-electron chi connectivity index (χ1n) is 7.02. The molecular formula is C15H23N3OS. The van der Waals surface area contributed by atoms with Crippen LogP contribution >= 0.6 is 11.8 Å². The van der Waals surface area contributed by atoms with Gasteiger partial charge in [0.2, 0.25) is 5.91 Å².